The Morgan fingerprint density at radius 2 is 1.72 bits per heavy atom. The molecule has 32 heavy (non-hydrogen) atoms. The summed E-state index contributed by atoms with van der Waals surface area (Å²) in [7, 11) is -2.10. The molecule has 0 saturated carbocycles. The van der Waals surface area contributed by atoms with Crippen LogP contribution in [0.15, 0.2) is 46.2 Å². The number of carbonyl (C=O) groups excluding carboxylic acids is 1. The number of likely N-dealkylation sites (N-methyl/N-ethyl adjacent to an activating group) is 1. The Kier molecular flexibility index (Phi) is 7.19. The van der Waals surface area contributed by atoms with E-state index in [1.54, 1.807) is 24.0 Å². The van der Waals surface area contributed by atoms with E-state index in [4.69, 9.17) is 0 Å². The van der Waals surface area contributed by atoms with E-state index < -0.39 is 27.5 Å². The molecule has 1 aliphatic heterocycles. The van der Waals surface area contributed by atoms with Crippen LogP contribution in [-0.4, -0.2) is 63.9 Å². The van der Waals surface area contributed by atoms with Gasteiger partial charge in [0.15, 0.2) is 11.6 Å². The highest BCUT2D eigenvalue weighted by molar-refractivity contribution is 7.91. The molecule has 2 aromatic rings. The number of amides is 1. The van der Waals surface area contributed by atoms with E-state index in [2.05, 4.69) is 9.80 Å². The molecular weight excluding hydrogens is 436 g/mol. The van der Waals surface area contributed by atoms with E-state index in [0.717, 1.165) is 44.0 Å². The minimum absolute atomic E-state index is 0.0198. The lowest BCUT2D eigenvalue weighted by molar-refractivity contribution is -0.130. The third-order valence-corrected chi connectivity index (χ3v) is 7.84. The van der Waals surface area contributed by atoms with Gasteiger partial charge in [0, 0.05) is 45.3 Å². The fourth-order valence-electron chi connectivity index (χ4n) is 4.08. The van der Waals surface area contributed by atoms with Crippen molar-refractivity contribution in [3.63, 3.8) is 0 Å². The Labute approximate surface area is 188 Å². The molecule has 1 atom stereocenters. The Morgan fingerprint density at radius 1 is 1.06 bits per heavy atom. The Hall–Kier alpha value is -2.52. The molecule has 0 bridgehead atoms. The van der Waals surface area contributed by atoms with Gasteiger partial charge in [-0.25, -0.2) is 17.2 Å². The summed E-state index contributed by atoms with van der Waals surface area (Å²) in [5, 5.41) is 0. The molecule has 1 amide bonds. The molecule has 9 heteroatoms. The molecule has 0 spiro atoms. The second-order valence-electron chi connectivity index (χ2n) is 8.07. The van der Waals surface area contributed by atoms with Gasteiger partial charge >= 0.3 is 0 Å². The average Bonchev–Trinajstić information content (AvgIpc) is 2.75. The Morgan fingerprint density at radius 3 is 2.28 bits per heavy atom. The highest BCUT2D eigenvalue weighted by Gasteiger charge is 2.29. The molecule has 2 aromatic carbocycles. The number of sulfone groups is 1. The summed E-state index contributed by atoms with van der Waals surface area (Å²) in [6, 6.07) is 7.06. The van der Waals surface area contributed by atoms with Crippen molar-refractivity contribution in [2.24, 2.45) is 0 Å². The molecule has 174 valence electrons. The van der Waals surface area contributed by atoms with Crippen molar-refractivity contribution in [1.29, 1.82) is 0 Å². The van der Waals surface area contributed by atoms with Gasteiger partial charge in [0.25, 0.3) is 0 Å². The number of anilines is 1. The average molecular weight is 466 g/mol. The fourth-order valence-corrected chi connectivity index (χ4v) is 5.62. The standard InChI is InChI=1S/C23H29F2N3O3S/c1-5-28(17(3)29)16(2)20-14-18(27-12-10-26(4)11-13-27)6-9-23(20)32(30,31)19-7-8-21(24)22(25)15-19/h6-9,14-16H,5,10-13H2,1-4H3. The van der Waals surface area contributed by atoms with Crippen molar-refractivity contribution in [2.75, 3.05) is 44.7 Å². The first-order valence-corrected chi connectivity index (χ1v) is 12.1. The molecule has 1 unspecified atom stereocenters. The van der Waals surface area contributed by atoms with Crippen LogP contribution in [0, 0.1) is 11.6 Å². The maximum absolute atomic E-state index is 13.8. The van der Waals surface area contributed by atoms with Gasteiger partial charge in [-0.15, -0.1) is 0 Å². The van der Waals surface area contributed by atoms with Crippen LogP contribution in [0.2, 0.25) is 0 Å². The highest BCUT2D eigenvalue weighted by atomic mass is 32.2. The molecule has 3 rings (SSSR count). The van der Waals surface area contributed by atoms with E-state index in [1.807, 2.05) is 14.0 Å². The monoisotopic (exact) mass is 465 g/mol. The van der Waals surface area contributed by atoms with Gasteiger partial charge in [0.05, 0.1) is 15.8 Å². The van der Waals surface area contributed by atoms with Gasteiger partial charge in [-0.05, 0) is 62.9 Å². The smallest absolute Gasteiger partial charge is 0.219 e. The molecule has 0 aromatic heterocycles. The number of hydrogen-bond acceptors (Lipinski definition) is 5. The van der Waals surface area contributed by atoms with Crippen LogP contribution < -0.4 is 4.90 Å². The third kappa shape index (κ3) is 4.78. The van der Waals surface area contributed by atoms with Gasteiger partial charge in [0.2, 0.25) is 15.7 Å². The van der Waals surface area contributed by atoms with E-state index in [-0.39, 0.29) is 15.7 Å². The van der Waals surface area contributed by atoms with Crippen molar-refractivity contribution >= 4 is 21.4 Å². The number of piperazine rings is 1. The minimum atomic E-state index is -4.15. The Bertz CT molecular complexity index is 1100. The molecule has 0 N–H and O–H groups in total. The van der Waals surface area contributed by atoms with Crippen molar-refractivity contribution in [1.82, 2.24) is 9.80 Å². The summed E-state index contributed by atoms with van der Waals surface area (Å²) >= 11 is 0. The van der Waals surface area contributed by atoms with E-state index in [0.29, 0.717) is 18.2 Å². The zero-order valence-electron chi connectivity index (χ0n) is 18.8. The number of carbonyl (C=O) groups is 1. The third-order valence-electron chi connectivity index (χ3n) is 6.02. The number of hydrogen-bond donors (Lipinski definition) is 0. The van der Waals surface area contributed by atoms with Gasteiger partial charge in [-0.1, -0.05) is 0 Å². The first-order chi connectivity index (χ1) is 15.1. The van der Waals surface area contributed by atoms with Crippen LogP contribution >= 0.6 is 0 Å². The normalized spacial score (nSPS) is 16.1. The van der Waals surface area contributed by atoms with Gasteiger partial charge in [-0.3, -0.25) is 4.79 Å². The second-order valence-corrected chi connectivity index (χ2v) is 9.99. The number of nitrogens with zero attached hydrogens (tertiary/aromatic N) is 3. The van der Waals surface area contributed by atoms with Gasteiger partial charge in [-0.2, -0.15) is 0 Å². The number of rotatable bonds is 6. The summed E-state index contributed by atoms with van der Waals surface area (Å²) in [5.74, 6) is -2.52. The molecule has 1 heterocycles. The predicted molar refractivity (Wildman–Crippen MR) is 119 cm³/mol. The lowest BCUT2D eigenvalue weighted by Gasteiger charge is -2.35. The molecule has 1 aliphatic rings. The van der Waals surface area contributed by atoms with Gasteiger partial charge in [0.1, 0.15) is 0 Å². The van der Waals surface area contributed by atoms with Crippen LogP contribution in [-0.2, 0) is 14.6 Å². The molecular formula is C23H29F2N3O3S. The summed E-state index contributed by atoms with van der Waals surface area (Å²) in [5.41, 5.74) is 1.31. The predicted octanol–water partition coefficient (Wildman–Crippen LogP) is 3.48. The number of halogens is 2. The van der Waals surface area contributed by atoms with Crippen LogP contribution in [0.25, 0.3) is 0 Å². The van der Waals surface area contributed by atoms with E-state index in [9.17, 15) is 22.0 Å². The summed E-state index contributed by atoms with van der Waals surface area (Å²) < 4.78 is 54.1. The van der Waals surface area contributed by atoms with Crippen molar-refractivity contribution < 1.29 is 22.0 Å². The summed E-state index contributed by atoms with van der Waals surface area (Å²) in [6.07, 6.45) is 0. The highest BCUT2D eigenvalue weighted by Crippen LogP contribution is 2.34. The zero-order chi connectivity index (χ0) is 23.6. The van der Waals surface area contributed by atoms with Crippen LogP contribution in [0.3, 0.4) is 0 Å². The maximum atomic E-state index is 13.8. The number of benzene rings is 2. The first kappa shape index (κ1) is 24.1. The van der Waals surface area contributed by atoms with Crippen molar-refractivity contribution in [3.05, 3.63) is 53.6 Å². The van der Waals surface area contributed by atoms with Crippen LogP contribution in [0.1, 0.15) is 32.4 Å². The SMILES string of the molecule is CCN(C(C)=O)C(C)c1cc(N2CCN(C)CC2)ccc1S(=O)(=O)c1ccc(F)c(F)c1. The molecule has 1 fully saturated rings. The molecule has 0 aliphatic carbocycles. The van der Waals surface area contributed by atoms with Crippen LogP contribution in [0.4, 0.5) is 14.5 Å². The molecule has 6 nitrogen and oxygen atoms in total. The first-order valence-electron chi connectivity index (χ1n) is 10.6. The molecule has 0 radical (unpaired) electrons. The zero-order valence-corrected chi connectivity index (χ0v) is 19.6. The van der Waals surface area contributed by atoms with Crippen LogP contribution in [0.5, 0.6) is 0 Å². The Balaban J connectivity index is 2.13. The van der Waals surface area contributed by atoms with Gasteiger partial charge < -0.3 is 14.7 Å². The topological polar surface area (TPSA) is 60.9 Å². The lowest BCUT2D eigenvalue weighted by atomic mass is 10.0. The second kappa shape index (κ2) is 9.54. The van der Waals surface area contributed by atoms with Crippen molar-refractivity contribution in [2.45, 2.75) is 36.6 Å². The summed E-state index contributed by atoms with van der Waals surface area (Å²) in [6.45, 7) is 8.80. The maximum Gasteiger partial charge on any atom is 0.219 e. The molecule has 1 saturated heterocycles. The fraction of sp³-hybridized carbons (Fsp3) is 0.435. The lowest BCUT2D eigenvalue weighted by Crippen LogP contribution is -2.44. The summed E-state index contributed by atoms with van der Waals surface area (Å²) in [4.78, 5) is 17.8. The van der Waals surface area contributed by atoms with E-state index >= 15 is 0 Å². The largest absolute Gasteiger partial charge is 0.369 e. The van der Waals surface area contributed by atoms with Crippen molar-refractivity contribution in [3.8, 4) is 0 Å². The quantitative estimate of drug-likeness (QED) is 0.612. The minimum Gasteiger partial charge on any atom is -0.369 e. The van der Waals surface area contributed by atoms with E-state index in [1.165, 1.54) is 13.0 Å².